The summed E-state index contributed by atoms with van der Waals surface area (Å²) in [5.74, 6) is 5.25. The Morgan fingerprint density at radius 3 is 2.28 bits per heavy atom. The maximum atomic E-state index is 12.5. The van der Waals surface area contributed by atoms with Crippen LogP contribution in [0.4, 0.5) is 13.2 Å². The molecule has 1 unspecified atom stereocenters. The van der Waals surface area contributed by atoms with Crippen molar-refractivity contribution in [3.8, 4) is 0 Å². The van der Waals surface area contributed by atoms with Crippen LogP contribution in [0.15, 0.2) is 4.99 Å². The molecule has 5 nitrogen and oxygen atoms in total. The number of ether oxygens (including phenoxy) is 1. The van der Waals surface area contributed by atoms with Crippen LogP contribution in [0.5, 0.6) is 0 Å². The van der Waals surface area contributed by atoms with E-state index in [0.29, 0.717) is 6.61 Å². The van der Waals surface area contributed by atoms with Gasteiger partial charge in [-0.25, -0.2) is 10.8 Å². The van der Waals surface area contributed by atoms with Gasteiger partial charge >= 0.3 is 6.18 Å². The molecule has 0 spiro atoms. The van der Waals surface area contributed by atoms with Gasteiger partial charge in [-0.15, -0.1) is 0 Å². The molecule has 3 N–H and O–H groups in total. The molecule has 0 aromatic heterocycles. The number of hydrogen-bond acceptors (Lipinski definition) is 3. The molecule has 0 saturated carbocycles. The minimum atomic E-state index is -4.31. The molecule has 1 atom stereocenters. The Kier molecular flexibility index (Phi) is 7.00. The topological polar surface area (TPSA) is 62.9 Å². The van der Waals surface area contributed by atoms with Crippen LogP contribution in [0, 0.1) is 0 Å². The van der Waals surface area contributed by atoms with Gasteiger partial charge in [-0.05, 0) is 20.8 Å². The third-order valence-electron chi connectivity index (χ3n) is 2.12. The van der Waals surface area contributed by atoms with E-state index in [-0.39, 0.29) is 18.0 Å². The molecule has 0 aliphatic rings. The van der Waals surface area contributed by atoms with Crippen molar-refractivity contribution in [2.24, 2.45) is 10.8 Å². The molecule has 0 aromatic rings. The average Bonchev–Trinajstić information content (AvgIpc) is 2.21. The van der Waals surface area contributed by atoms with Gasteiger partial charge in [0, 0.05) is 13.2 Å². The molecule has 0 heterocycles. The molecule has 0 amide bonds. The van der Waals surface area contributed by atoms with Gasteiger partial charge < -0.3 is 9.64 Å². The van der Waals surface area contributed by atoms with E-state index in [2.05, 4.69) is 10.4 Å². The maximum absolute atomic E-state index is 12.5. The zero-order valence-corrected chi connectivity index (χ0v) is 11.1. The van der Waals surface area contributed by atoms with Gasteiger partial charge in [-0.1, -0.05) is 0 Å². The minimum absolute atomic E-state index is 0.00637. The van der Waals surface area contributed by atoms with E-state index in [1.165, 1.54) is 7.11 Å². The molecule has 108 valence electrons. The number of aliphatic imine (C=N–C) groups is 1. The highest BCUT2D eigenvalue weighted by Gasteiger charge is 2.33. The number of hydrogen-bond donors (Lipinski definition) is 2. The Balaban J connectivity index is 4.93. The van der Waals surface area contributed by atoms with Crippen LogP contribution < -0.4 is 11.3 Å². The van der Waals surface area contributed by atoms with E-state index in [4.69, 9.17) is 10.6 Å². The van der Waals surface area contributed by atoms with Crippen LogP contribution in [0.25, 0.3) is 0 Å². The quantitative estimate of drug-likeness (QED) is 0.340. The Hall–Kier alpha value is -1.02. The Morgan fingerprint density at radius 2 is 1.94 bits per heavy atom. The Bertz CT molecular complexity index is 268. The third kappa shape index (κ3) is 6.65. The predicted octanol–water partition coefficient (Wildman–Crippen LogP) is 1.11. The number of methoxy groups -OCH3 is 1. The van der Waals surface area contributed by atoms with Crippen molar-refractivity contribution >= 4 is 5.96 Å². The fraction of sp³-hybridized carbons (Fsp3) is 0.900. The van der Waals surface area contributed by atoms with Gasteiger partial charge in [-0.3, -0.25) is 5.43 Å². The number of nitrogens with one attached hydrogen (secondary N) is 1. The fourth-order valence-corrected chi connectivity index (χ4v) is 1.38. The molecule has 0 fully saturated rings. The summed E-state index contributed by atoms with van der Waals surface area (Å²) in [6.45, 7) is 4.21. The zero-order valence-electron chi connectivity index (χ0n) is 11.1. The van der Waals surface area contributed by atoms with E-state index in [0.717, 1.165) is 4.90 Å². The van der Waals surface area contributed by atoms with Gasteiger partial charge in [0.2, 0.25) is 5.96 Å². The van der Waals surface area contributed by atoms with E-state index >= 15 is 0 Å². The number of nitrogens with zero attached hydrogens (tertiary/aromatic N) is 2. The summed E-state index contributed by atoms with van der Waals surface area (Å²) in [6, 6.07) is -0.660. The second-order valence-corrected chi connectivity index (χ2v) is 4.24. The lowest BCUT2D eigenvalue weighted by Crippen LogP contribution is -2.51. The number of halogens is 3. The monoisotopic (exact) mass is 270 g/mol. The summed E-state index contributed by atoms with van der Waals surface area (Å²) < 4.78 is 42.2. The highest BCUT2D eigenvalue weighted by molar-refractivity contribution is 5.79. The number of guanidine groups is 1. The first-order valence-electron chi connectivity index (χ1n) is 5.58. The molecule has 8 heteroatoms. The highest BCUT2D eigenvalue weighted by atomic mass is 19.4. The van der Waals surface area contributed by atoms with Crippen molar-refractivity contribution in [3.63, 3.8) is 0 Å². The molecule has 0 bridgehead atoms. The van der Waals surface area contributed by atoms with Crippen LogP contribution in [0.2, 0.25) is 0 Å². The SMILES string of the molecule is COCC(C)N=C(NN)N(CC(F)(F)F)C(C)C. The Morgan fingerprint density at radius 1 is 1.39 bits per heavy atom. The smallest absolute Gasteiger partial charge is 0.382 e. The van der Waals surface area contributed by atoms with Crippen LogP contribution in [-0.2, 0) is 4.74 Å². The molecule has 0 saturated heterocycles. The van der Waals surface area contributed by atoms with E-state index in [1.54, 1.807) is 20.8 Å². The molecular weight excluding hydrogens is 249 g/mol. The van der Waals surface area contributed by atoms with Gasteiger partial charge in [0.1, 0.15) is 6.54 Å². The number of rotatable bonds is 5. The predicted molar refractivity (Wildman–Crippen MR) is 64.0 cm³/mol. The second-order valence-electron chi connectivity index (χ2n) is 4.24. The van der Waals surface area contributed by atoms with Gasteiger partial charge in [-0.2, -0.15) is 13.2 Å². The molecule has 0 aromatic carbocycles. The van der Waals surface area contributed by atoms with Crippen molar-refractivity contribution < 1.29 is 17.9 Å². The first-order valence-corrected chi connectivity index (χ1v) is 5.58. The van der Waals surface area contributed by atoms with Crippen molar-refractivity contribution in [1.29, 1.82) is 0 Å². The normalized spacial score (nSPS) is 14.8. The molecule has 0 rings (SSSR count). The van der Waals surface area contributed by atoms with Crippen LogP contribution in [0.1, 0.15) is 20.8 Å². The van der Waals surface area contributed by atoms with E-state index in [9.17, 15) is 13.2 Å². The zero-order chi connectivity index (χ0) is 14.3. The highest BCUT2D eigenvalue weighted by Crippen LogP contribution is 2.18. The average molecular weight is 270 g/mol. The summed E-state index contributed by atoms with van der Waals surface area (Å²) in [7, 11) is 1.50. The number of hydrazine groups is 1. The van der Waals surface area contributed by atoms with Gasteiger partial charge in [0.05, 0.1) is 12.6 Å². The lowest BCUT2D eigenvalue weighted by Gasteiger charge is -2.30. The summed E-state index contributed by atoms with van der Waals surface area (Å²) in [6.07, 6.45) is -4.31. The van der Waals surface area contributed by atoms with Crippen molar-refractivity contribution in [3.05, 3.63) is 0 Å². The van der Waals surface area contributed by atoms with Gasteiger partial charge in [0.25, 0.3) is 0 Å². The van der Waals surface area contributed by atoms with Crippen LogP contribution in [-0.4, -0.2) is 49.4 Å². The van der Waals surface area contributed by atoms with Crippen molar-refractivity contribution in [1.82, 2.24) is 10.3 Å². The number of nitrogens with two attached hydrogens (primary N) is 1. The molecular formula is C10H21F3N4O. The summed E-state index contributed by atoms with van der Waals surface area (Å²) in [4.78, 5) is 5.13. The van der Waals surface area contributed by atoms with Crippen LogP contribution in [0.3, 0.4) is 0 Å². The molecule has 0 aliphatic carbocycles. The molecule has 0 aliphatic heterocycles. The minimum Gasteiger partial charge on any atom is -0.382 e. The summed E-state index contributed by atoms with van der Waals surface area (Å²) >= 11 is 0. The lowest BCUT2D eigenvalue weighted by atomic mass is 10.3. The third-order valence-corrected chi connectivity index (χ3v) is 2.12. The Labute approximate surface area is 105 Å². The van der Waals surface area contributed by atoms with E-state index < -0.39 is 12.7 Å². The first kappa shape index (κ1) is 17.0. The van der Waals surface area contributed by atoms with Gasteiger partial charge in [0.15, 0.2) is 0 Å². The summed E-state index contributed by atoms with van der Waals surface area (Å²) in [5.41, 5.74) is 2.22. The number of alkyl halides is 3. The van der Waals surface area contributed by atoms with E-state index in [1.807, 2.05) is 0 Å². The largest absolute Gasteiger partial charge is 0.406 e. The standard InChI is InChI=1S/C10H21F3N4O/c1-7(2)17(6-10(11,12)13)9(16-14)15-8(3)5-18-4/h7-8H,5-6,14H2,1-4H3,(H,15,16). The first-order chi connectivity index (χ1) is 8.21. The molecule has 18 heavy (non-hydrogen) atoms. The fourth-order valence-electron chi connectivity index (χ4n) is 1.38. The molecule has 0 radical (unpaired) electrons. The second kappa shape index (κ2) is 7.42. The summed E-state index contributed by atoms with van der Waals surface area (Å²) in [5, 5.41) is 0. The maximum Gasteiger partial charge on any atom is 0.406 e. The van der Waals surface area contributed by atoms with Crippen molar-refractivity contribution in [2.45, 2.75) is 39.0 Å². The van der Waals surface area contributed by atoms with Crippen molar-refractivity contribution in [2.75, 3.05) is 20.3 Å². The lowest BCUT2D eigenvalue weighted by molar-refractivity contribution is -0.140. The van der Waals surface area contributed by atoms with Crippen LogP contribution >= 0.6 is 0 Å².